The molecular formula is C14H21NO2. The van der Waals surface area contributed by atoms with Gasteiger partial charge in [-0.25, -0.2) is 4.79 Å². The van der Waals surface area contributed by atoms with Gasteiger partial charge in [0.25, 0.3) is 0 Å². The van der Waals surface area contributed by atoms with Gasteiger partial charge in [-0.1, -0.05) is 31.0 Å². The van der Waals surface area contributed by atoms with Crippen molar-refractivity contribution in [3.05, 3.63) is 29.3 Å². The number of aryl methyl sites for hydroxylation is 2. The molecule has 0 aliphatic heterocycles. The predicted octanol–water partition coefficient (Wildman–Crippen LogP) is 3.36. The van der Waals surface area contributed by atoms with E-state index in [-0.39, 0.29) is 0 Å². The van der Waals surface area contributed by atoms with Gasteiger partial charge in [0.05, 0.1) is 0 Å². The first-order valence-electron chi connectivity index (χ1n) is 5.98. The molecule has 0 radical (unpaired) electrons. The Bertz CT molecular complexity index is 415. The third kappa shape index (κ3) is 3.22. The fraction of sp³-hybridized carbons (Fsp3) is 0.500. The molecule has 0 saturated carbocycles. The molecular weight excluding hydrogens is 214 g/mol. The lowest BCUT2D eigenvalue weighted by molar-refractivity contribution is -0.141. The van der Waals surface area contributed by atoms with Crippen LogP contribution in [0.1, 0.15) is 37.8 Å². The summed E-state index contributed by atoms with van der Waals surface area (Å²) in [7, 11) is 0. The molecule has 0 heterocycles. The lowest BCUT2D eigenvalue weighted by atomic mass is 9.95. The molecule has 0 aliphatic carbocycles. The number of rotatable bonds is 5. The summed E-state index contributed by atoms with van der Waals surface area (Å²) in [6.45, 7) is 7.74. The normalized spacial score (nSPS) is 14.1. The van der Waals surface area contributed by atoms with Crippen molar-refractivity contribution in [2.75, 3.05) is 5.32 Å². The molecule has 17 heavy (non-hydrogen) atoms. The summed E-state index contributed by atoms with van der Waals surface area (Å²) in [5.41, 5.74) is 2.26. The number of carboxylic acids is 1. The molecule has 1 aromatic carbocycles. The summed E-state index contributed by atoms with van der Waals surface area (Å²) in [5.74, 6) is -0.806. The molecule has 0 aromatic heterocycles. The van der Waals surface area contributed by atoms with Gasteiger partial charge in [0.15, 0.2) is 0 Å². The Hall–Kier alpha value is -1.51. The highest BCUT2D eigenvalue weighted by Gasteiger charge is 2.32. The third-order valence-electron chi connectivity index (χ3n) is 3.01. The molecule has 0 spiro atoms. The summed E-state index contributed by atoms with van der Waals surface area (Å²) in [4.78, 5) is 11.3. The molecule has 1 unspecified atom stereocenters. The highest BCUT2D eigenvalue weighted by Crippen LogP contribution is 2.24. The Morgan fingerprint density at radius 3 is 2.53 bits per heavy atom. The van der Waals surface area contributed by atoms with E-state index in [0.717, 1.165) is 17.7 Å². The Morgan fingerprint density at radius 1 is 1.41 bits per heavy atom. The number of carbonyl (C=O) groups is 1. The second kappa shape index (κ2) is 5.21. The van der Waals surface area contributed by atoms with Crippen LogP contribution in [0.15, 0.2) is 18.2 Å². The van der Waals surface area contributed by atoms with Crippen molar-refractivity contribution in [3.63, 3.8) is 0 Å². The van der Waals surface area contributed by atoms with Crippen LogP contribution in [0.25, 0.3) is 0 Å². The monoisotopic (exact) mass is 235 g/mol. The smallest absolute Gasteiger partial charge is 0.329 e. The van der Waals surface area contributed by atoms with Gasteiger partial charge >= 0.3 is 5.97 Å². The second-order valence-electron chi connectivity index (χ2n) is 4.83. The van der Waals surface area contributed by atoms with Gasteiger partial charge in [-0.2, -0.15) is 0 Å². The maximum Gasteiger partial charge on any atom is 0.329 e. The zero-order valence-corrected chi connectivity index (χ0v) is 11.0. The van der Waals surface area contributed by atoms with Crippen molar-refractivity contribution >= 4 is 11.7 Å². The van der Waals surface area contributed by atoms with Crippen LogP contribution in [0.2, 0.25) is 0 Å². The van der Waals surface area contributed by atoms with Crippen molar-refractivity contribution in [2.24, 2.45) is 0 Å². The highest BCUT2D eigenvalue weighted by atomic mass is 16.4. The van der Waals surface area contributed by atoms with Crippen molar-refractivity contribution in [1.82, 2.24) is 0 Å². The summed E-state index contributed by atoms with van der Waals surface area (Å²) in [6.07, 6.45) is 1.44. The summed E-state index contributed by atoms with van der Waals surface area (Å²) >= 11 is 0. The quantitative estimate of drug-likeness (QED) is 0.822. The molecule has 3 nitrogen and oxygen atoms in total. The van der Waals surface area contributed by atoms with Crippen molar-refractivity contribution in [3.8, 4) is 0 Å². The minimum atomic E-state index is -0.894. The van der Waals surface area contributed by atoms with Gasteiger partial charge < -0.3 is 10.4 Å². The molecule has 1 rings (SSSR count). The van der Waals surface area contributed by atoms with Crippen LogP contribution >= 0.6 is 0 Å². The molecule has 0 aliphatic rings. The van der Waals surface area contributed by atoms with Gasteiger partial charge in [-0.05, 0) is 38.8 Å². The molecule has 0 fully saturated rings. The zero-order chi connectivity index (χ0) is 13.1. The van der Waals surface area contributed by atoms with Crippen molar-refractivity contribution in [2.45, 2.75) is 46.1 Å². The van der Waals surface area contributed by atoms with Gasteiger partial charge in [0.2, 0.25) is 0 Å². The molecule has 2 N–H and O–H groups in total. The number of hydrogen-bond acceptors (Lipinski definition) is 2. The summed E-state index contributed by atoms with van der Waals surface area (Å²) in [5, 5.41) is 12.5. The highest BCUT2D eigenvalue weighted by molar-refractivity contribution is 5.82. The summed E-state index contributed by atoms with van der Waals surface area (Å²) in [6, 6.07) is 5.99. The number of aliphatic carboxylic acids is 1. The molecule has 0 saturated heterocycles. The van der Waals surface area contributed by atoms with Gasteiger partial charge in [-0.3, -0.25) is 0 Å². The van der Waals surface area contributed by atoms with Crippen LogP contribution in [0.3, 0.4) is 0 Å². The lowest BCUT2D eigenvalue weighted by Gasteiger charge is -2.28. The van der Waals surface area contributed by atoms with E-state index in [4.69, 9.17) is 0 Å². The van der Waals surface area contributed by atoms with Crippen LogP contribution in [-0.2, 0) is 4.79 Å². The molecule has 1 atom stereocenters. The van der Waals surface area contributed by atoms with Gasteiger partial charge in [0.1, 0.15) is 5.54 Å². The van der Waals surface area contributed by atoms with E-state index in [1.807, 2.05) is 32.9 Å². The van der Waals surface area contributed by atoms with Crippen LogP contribution in [-0.4, -0.2) is 16.6 Å². The average molecular weight is 235 g/mol. The largest absolute Gasteiger partial charge is 0.480 e. The van der Waals surface area contributed by atoms with E-state index in [1.54, 1.807) is 6.92 Å². The number of carboxylic acid groups (broad SMARTS) is 1. The van der Waals surface area contributed by atoms with Crippen LogP contribution in [0.4, 0.5) is 5.69 Å². The Morgan fingerprint density at radius 2 is 2.06 bits per heavy atom. The van der Waals surface area contributed by atoms with Crippen LogP contribution in [0.5, 0.6) is 0 Å². The molecule has 1 aromatic rings. The maximum atomic E-state index is 11.3. The fourth-order valence-electron chi connectivity index (χ4n) is 1.97. The van der Waals surface area contributed by atoms with E-state index in [0.29, 0.717) is 6.42 Å². The van der Waals surface area contributed by atoms with E-state index in [2.05, 4.69) is 11.4 Å². The lowest BCUT2D eigenvalue weighted by Crippen LogP contribution is -2.43. The molecule has 3 heteroatoms. The van der Waals surface area contributed by atoms with Crippen LogP contribution < -0.4 is 5.32 Å². The van der Waals surface area contributed by atoms with Gasteiger partial charge in [-0.15, -0.1) is 0 Å². The first-order chi connectivity index (χ1) is 7.89. The molecule has 0 amide bonds. The predicted molar refractivity (Wildman–Crippen MR) is 70.5 cm³/mol. The van der Waals surface area contributed by atoms with E-state index < -0.39 is 11.5 Å². The Kier molecular flexibility index (Phi) is 4.16. The standard InChI is InChI=1S/C14H21NO2/c1-5-8-14(4,13(16)17)15-12-7-6-10(2)9-11(12)3/h6-7,9,15H,5,8H2,1-4H3,(H,16,17). The average Bonchev–Trinajstić information content (AvgIpc) is 2.22. The van der Waals surface area contributed by atoms with Crippen molar-refractivity contribution in [1.29, 1.82) is 0 Å². The summed E-state index contributed by atoms with van der Waals surface area (Å²) < 4.78 is 0. The first kappa shape index (κ1) is 13.6. The number of anilines is 1. The number of nitrogens with one attached hydrogen (secondary N) is 1. The second-order valence-corrected chi connectivity index (χ2v) is 4.83. The zero-order valence-electron chi connectivity index (χ0n) is 11.0. The topological polar surface area (TPSA) is 49.3 Å². The number of hydrogen-bond donors (Lipinski definition) is 2. The van der Waals surface area contributed by atoms with Crippen molar-refractivity contribution < 1.29 is 9.90 Å². The fourth-order valence-corrected chi connectivity index (χ4v) is 1.97. The Balaban J connectivity index is 2.98. The third-order valence-corrected chi connectivity index (χ3v) is 3.01. The van der Waals surface area contributed by atoms with E-state index >= 15 is 0 Å². The first-order valence-corrected chi connectivity index (χ1v) is 5.98. The van der Waals surface area contributed by atoms with Gasteiger partial charge in [0, 0.05) is 5.69 Å². The minimum Gasteiger partial charge on any atom is -0.480 e. The number of benzene rings is 1. The molecule has 94 valence electrons. The SMILES string of the molecule is CCCC(C)(Nc1ccc(C)cc1C)C(=O)O. The van der Waals surface area contributed by atoms with Crippen LogP contribution in [0, 0.1) is 13.8 Å². The maximum absolute atomic E-state index is 11.3. The van der Waals surface area contributed by atoms with E-state index in [1.165, 1.54) is 5.56 Å². The minimum absolute atomic E-state index is 0.607. The van der Waals surface area contributed by atoms with E-state index in [9.17, 15) is 9.90 Å². The molecule has 0 bridgehead atoms. The Labute approximate surface area is 103 Å².